The number of hydrogen-bond acceptors (Lipinski definition) is 4. The quantitative estimate of drug-likeness (QED) is 0.532. The van der Waals surface area contributed by atoms with Gasteiger partial charge in [0.1, 0.15) is 5.76 Å². The lowest BCUT2D eigenvalue weighted by Crippen LogP contribution is -2.38. The second-order valence-corrected chi connectivity index (χ2v) is 8.27. The molecule has 3 aromatic rings. The van der Waals surface area contributed by atoms with E-state index in [4.69, 9.17) is 4.42 Å². The van der Waals surface area contributed by atoms with Crippen LogP contribution in [-0.2, 0) is 5.75 Å². The molecule has 0 aliphatic heterocycles. The second kappa shape index (κ2) is 9.33. The molecule has 0 radical (unpaired) electrons. The summed E-state index contributed by atoms with van der Waals surface area (Å²) < 4.78 is 5.81. The predicted octanol–water partition coefficient (Wildman–Crippen LogP) is 5.38. The number of carbonyl (C=O) groups is 1. The number of aliphatic hydroxyl groups is 1. The highest BCUT2D eigenvalue weighted by molar-refractivity contribution is 7.98. The predicted molar refractivity (Wildman–Crippen MR) is 117 cm³/mol. The van der Waals surface area contributed by atoms with Gasteiger partial charge < -0.3 is 14.4 Å². The Bertz CT molecular complexity index is 947. The van der Waals surface area contributed by atoms with Gasteiger partial charge >= 0.3 is 0 Å². The van der Waals surface area contributed by atoms with Crippen molar-refractivity contribution in [3.8, 4) is 0 Å². The van der Waals surface area contributed by atoms with Gasteiger partial charge in [0.05, 0.1) is 17.9 Å². The van der Waals surface area contributed by atoms with Crippen molar-refractivity contribution >= 4 is 17.7 Å². The molecule has 0 fully saturated rings. The van der Waals surface area contributed by atoms with Crippen molar-refractivity contribution in [3.63, 3.8) is 0 Å². The van der Waals surface area contributed by atoms with Gasteiger partial charge in [-0.15, -0.1) is 11.8 Å². The molecule has 4 nitrogen and oxygen atoms in total. The summed E-state index contributed by atoms with van der Waals surface area (Å²) in [4.78, 5) is 15.6. The summed E-state index contributed by atoms with van der Waals surface area (Å²) in [6.07, 6.45) is -0.765. The van der Waals surface area contributed by atoms with Crippen LogP contribution in [-0.4, -0.2) is 29.0 Å². The Hall–Kier alpha value is -2.50. The first-order valence-corrected chi connectivity index (χ1v) is 10.6. The number of aliphatic hydroxyl groups excluding tert-OH is 1. The van der Waals surface area contributed by atoms with E-state index in [1.54, 1.807) is 24.9 Å². The Kier molecular flexibility index (Phi) is 6.83. The fourth-order valence-corrected chi connectivity index (χ4v) is 4.27. The zero-order valence-corrected chi connectivity index (χ0v) is 18.1. The highest BCUT2D eigenvalue weighted by Gasteiger charge is 2.26. The van der Waals surface area contributed by atoms with Crippen LogP contribution in [0.3, 0.4) is 0 Å². The van der Waals surface area contributed by atoms with E-state index in [9.17, 15) is 9.90 Å². The fraction of sp³-hybridized carbons (Fsp3) is 0.292. The molecule has 29 heavy (non-hydrogen) atoms. The van der Waals surface area contributed by atoms with Crippen molar-refractivity contribution in [3.05, 3.63) is 88.9 Å². The molecule has 1 unspecified atom stereocenters. The largest absolute Gasteiger partial charge is 0.455 e. The lowest BCUT2D eigenvalue weighted by Gasteiger charge is -2.28. The van der Waals surface area contributed by atoms with Gasteiger partial charge in [-0.1, -0.05) is 48.5 Å². The van der Waals surface area contributed by atoms with Crippen molar-refractivity contribution in [2.45, 2.75) is 43.6 Å². The van der Waals surface area contributed by atoms with Gasteiger partial charge in [-0.2, -0.15) is 0 Å². The van der Waals surface area contributed by atoms with Crippen LogP contribution in [0.15, 0.2) is 70.0 Å². The van der Waals surface area contributed by atoms with E-state index in [1.165, 1.54) is 20.9 Å². The number of aryl methyl sites for hydroxylation is 2. The van der Waals surface area contributed by atoms with Gasteiger partial charge in [-0.25, -0.2) is 0 Å². The van der Waals surface area contributed by atoms with Gasteiger partial charge in [0.2, 0.25) is 0 Å². The molecule has 1 aromatic heterocycles. The van der Waals surface area contributed by atoms with Gasteiger partial charge in [0.15, 0.2) is 5.76 Å². The molecule has 3 rings (SSSR count). The van der Waals surface area contributed by atoms with Crippen molar-refractivity contribution < 1.29 is 14.3 Å². The maximum absolute atomic E-state index is 12.8. The van der Waals surface area contributed by atoms with Crippen molar-refractivity contribution in [1.82, 2.24) is 4.90 Å². The van der Waals surface area contributed by atoms with Gasteiger partial charge in [0, 0.05) is 11.9 Å². The smallest absolute Gasteiger partial charge is 0.289 e. The molecular formula is C24H27NO3S. The van der Waals surface area contributed by atoms with Gasteiger partial charge in [-0.3, -0.25) is 4.79 Å². The molecule has 2 atom stereocenters. The van der Waals surface area contributed by atoms with Crippen LogP contribution in [0.4, 0.5) is 0 Å². The summed E-state index contributed by atoms with van der Waals surface area (Å²) in [5.41, 5.74) is 3.26. The van der Waals surface area contributed by atoms with Crippen LogP contribution in [0.2, 0.25) is 0 Å². The van der Waals surface area contributed by atoms with Crippen molar-refractivity contribution in [1.29, 1.82) is 0 Å². The number of rotatable bonds is 7. The third-order valence-electron chi connectivity index (χ3n) is 5.17. The molecule has 2 aromatic carbocycles. The van der Waals surface area contributed by atoms with Crippen molar-refractivity contribution in [2.75, 3.05) is 7.05 Å². The lowest BCUT2D eigenvalue weighted by atomic mass is 10.0. The number of hydrogen-bond donors (Lipinski definition) is 1. The third-order valence-corrected chi connectivity index (χ3v) is 6.53. The van der Waals surface area contributed by atoms with Crippen LogP contribution in [0, 0.1) is 13.8 Å². The van der Waals surface area contributed by atoms with Crippen LogP contribution in [0.25, 0.3) is 0 Å². The van der Waals surface area contributed by atoms with E-state index < -0.39 is 6.10 Å². The highest BCUT2D eigenvalue weighted by Crippen LogP contribution is 2.30. The maximum Gasteiger partial charge on any atom is 0.289 e. The molecule has 1 N–H and O–H groups in total. The molecule has 0 saturated heterocycles. The normalized spacial score (nSPS) is 13.1. The summed E-state index contributed by atoms with van der Waals surface area (Å²) in [5, 5.41) is 10.6. The third kappa shape index (κ3) is 4.92. The van der Waals surface area contributed by atoms with E-state index in [0.29, 0.717) is 5.75 Å². The minimum absolute atomic E-state index is 0.240. The Morgan fingerprint density at radius 3 is 2.34 bits per heavy atom. The number of thioether (sulfide) groups is 1. The summed E-state index contributed by atoms with van der Waals surface area (Å²) in [6.45, 7) is 6.03. The van der Waals surface area contributed by atoms with Crippen LogP contribution in [0.1, 0.15) is 46.0 Å². The molecule has 0 spiro atoms. The fourth-order valence-electron chi connectivity index (χ4n) is 3.24. The van der Waals surface area contributed by atoms with E-state index in [2.05, 4.69) is 32.0 Å². The van der Waals surface area contributed by atoms with Crippen LogP contribution < -0.4 is 0 Å². The monoisotopic (exact) mass is 409 g/mol. The van der Waals surface area contributed by atoms with Crippen LogP contribution in [0.5, 0.6) is 0 Å². The first-order valence-electron chi connectivity index (χ1n) is 9.66. The zero-order chi connectivity index (χ0) is 21.0. The summed E-state index contributed by atoms with van der Waals surface area (Å²) in [7, 11) is 1.69. The maximum atomic E-state index is 12.8. The molecule has 1 heterocycles. The molecule has 152 valence electrons. The SMILES string of the molecule is Cc1cccc(C)c1SCc1ccc(C(=O)N(C)C(C)[C@@H](O)c2ccccc2)o1. The number of benzene rings is 2. The zero-order valence-electron chi connectivity index (χ0n) is 17.3. The Morgan fingerprint density at radius 1 is 1.03 bits per heavy atom. The lowest BCUT2D eigenvalue weighted by molar-refractivity contribution is 0.0460. The Labute approximate surface area is 176 Å². The average molecular weight is 410 g/mol. The Morgan fingerprint density at radius 2 is 1.69 bits per heavy atom. The van der Waals surface area contributed by atoms with E-state index in [1.807, 2.05) is 43.3 Å². The van der Waals surface area contributed by atoms with Crippen molar-refractivity contribution in [2.24, 2.45) is 0 Å². The first kappa shape index (κ1) is 21.2. The number of furan rings is 1. The number of amides is 1. The highest BCUT2D eigenvalue weighted by atomic mass is 32.2. The second-order valence-electron chi connectivity index (χ2n) is 7.29. The summed E-state index contributed by atoms with van der Waals surface area (Å²) >= 11 is 1.71. The molecule has 0 aliphatic carbocycles. The molecule has 0 saturated carbocycles. The average Bonchev–Trinajstić information content (AvgIpc) is 3.21. The minimum atomic E-state index is -0.765. The van der Waals surface area contributed by atoms with E-state index in [-0.39, 0.29) is 17.7 Å². The molecule has 5 heteroatoms. The number of nitrogens with zero attached hydrogens (tertiary/aromatic N) is 1. The van der Waals surface area contributed by atoms with Gasteiger partial charge in [0.25, 0.3) is 5.91 Å². The van der Waals surface area contributed by atoms with E-state index >= 15 is 0 Å². The molecule has 0 bridgehead atoms. The standard InChI is InChI=1S/C24H27NO3S/c1-16-9-8-10-17(2)23(16)29-15-20-13-14-21(28-20)24(27)25(4)18(3)22(26)19-11-6-5-7-12-19/h5-14,18,22,26H,15H2,1-4H3/t18?,22-/m1/s1. The minimum Gasteiger partial charge on any atom is -0.455 e. The molecular weight excluding hydrogens is 382 g/mol. The Balaban J connectivity index is 1.65. The van der Waals surface area contributed by atoms with Crippen LogP contribution >= 0.6 is 11.8 Å². The molecule has 1 amide bonds. The summed E-state index contributed by atoms with van der Waals surface area (Å²) in [6, 6.07) is 18.8. The number of likely N-dealkylation sites (N-methyl/N-ethyl adjacent to an activating group) is 1. The summed E-state index contributed by atoms with van der Waals surface area (Å²) in [5.74, 6) is 1.46. The number of carbonyl (C=O) groups excluding carboxylic acids is 1. The first-order chi connectivity index (χ1) is 13.9. The topological polar surface area (TPSA) is 53.7 Å². The van der Waals surface area contributed by atoms with Gasteiger partial charge in [-0.05, 0) is 49.6 Å². The molecule has 0 aliphatic rings. The van der Waals surface area contributed by atoms with E-state index in [0.717, 1.165) is 11.3 Å².